The van der Waals surface area contributed by atoms with Crippen LogP contribution in [-0.2, 0) is 8.37 Å². The predicted octanol–water partition coefficient (Wildman–Crippen LogP) is 3.82. The van der Waals surface area contributed by atoms with Crippen LogP contribution in [0.5, 0.6) is 0 Å². The van der Waals surface area contributed by atoms with Gasteiger partial charge in [-0.15, -0.1) is 0 Å². The molecule has 1 aliphatic heterocycles. The van der Waals surface area contributed by atoms with Gasteiger partial charge in [-0.25, -0.2) is 0 Å². The van der Waals surface area contributed by atoms with Gasteiger partial charge in [-0.05, 0) is 0 Å². The third-order valence-electron chi connectivity index (χ3n) is 7.79. The van der Waals surface area contributed by atoms with E-state index in [4.69, 9.17) is 8.37 Å². The Morgan fingerprint density at radius 1 is 0.214 bits per heavy atom. The summed E-state index contributed by atoms with van der Waals surface area (Å²) < 4.78 is 30.5. The van der Waals surface area contributed by atoms with Crippen LogP contribution in [0.2, 0.25) is 0 Å². The summed E-state index contributed by atoms with van der Waals surface area (Å²) in [5, 5.41) is 0. The van der Waals surface area contributed by atoms with Crippen molar-refractivity contribution in [3.8, 4) is 0 Å². The molecule has 1 fully saturated rings. The van der Waals surface area contributed by atoms with E-state index in [0.717, 1.165) is 26.4 Å². The second-order valence-electron chi connectivity index (χ2n) is 10.4. The summed E-state index contributed by atoms with van der Waals surface area (Å²) in [4.78, 5) is 0. The Hall–Kier alpha value is -3.17. The molecule has 6 aromatic carbocycles. The molecule has 0 N–H and O–H groups in total. The van der Waals surface area contributed by atoms with Crippen molar-refractivity contribution in [1.82, 2.24) is 0 Å². The average molecular weight is 728 g/mol. The van der Waals surface area contributed by atoms with Crippen molar-refractivity contribution < 1.29 is 8.37 Å². The van der Waals surface area contributed by atoms with Gasteiger partial charge >= 0.3 is 259 Å². The molecule has 0 atom stereocenters. The van der Waals surface area contributed by atoms with Gasteiger partial charge in [-0.3, -0.25) is 0 Å². The van der Waals surface area contributed by atoms with Crippen molar-refractivity contribution in [2.75, 3.05) is 0 Å². The van der Waals surface area contributed by atoms with Crippen LogP contribution in [0.3, 0.4) is 0 Å². The zero-order chi connectivity index (χ0) is 28.3. The molecule has 0 amide bonds. The van der Waals surface area contributed by atoms with E-state index in [9.17, 15) is 0 Å². The Balaban J connectivity index is 1.64. The van der Waals surface area contributed by atoms with Gasteiger partial charge < -0.3 is 0 Å². The molecule has 0 aromatic heterocycles. The molecule has 0 radical (unpaired) electrons. The molecule has 204 valence electrons. The van der Waals surface area contributed by atoms with Crippen LogP contribution >= 0.6 is 0 Å². The van der Waals surface area contributed by atoms with Crippen molar-refractivity contribution in [2.45, 2.75) is 0 Å². The van der Waals surface area contributed by atoms with Gasteiger partial charge in [0.2, 0.25) is 0 Å². The molecule has 7 rings (SSSR count). The van der Waals surface area contributed by atoms with E-state index >= 15 is 0 Å². The van der Waals surface area contributed by atoms with Gasteiger partial charge in [0.15, 0.2) is 0 Å². The van der Waals surface area contributed by atoms with E-state index in [1.807, 2.05) is 0 Å². The standard InChI is InChI=1S/C36H30Ge3O3/c1-7-19-31(20-8-1)37(32-21-9-2-10-22-32)40-38(33-23-11-3-12-24-33,34-25-13-4-14-26-34)42-39(41-37,35-27-15-5-16-28-35)36-29-17-6-18-30-36/h1-30H. The van der Waals surface area contributed by atoms with Gasteiger partial charge in [0.25, 0.3) is 0 Å². The summed E-state index contributed by atoms with van der Waals surface area (Å²) in [6.45, 7) is 0. The minimum atomic E-state index is -4.16. The molecule has 0 unspecified atom stereocenters. The molecule has 42 heavy (non-hydrogen) atoms. The molecule has 0 aliphatic carbocycles. The van der Waals surface area contributed by atoms with Crippen LogP contribution in [-0.4, -0.2) is 41.8 Å². The topological polar surface area (TPSA) is 27.7 Å². The van der Waals surface area contributed by atoms with E-state index < -0.39 is 41.8 Å². The molecule has 1 saturated heterocycles. The molecule has 6 aromatic rings. The van der Waals surface area contributed by atoms with Crippen LogP contribution in [0.15, 0.2) is 182 Å². The van der Waals surface area contributed by atoms with Crippen molar-refractivity contribution in [3.63, 3.8) is 0 Å². The normalized spacial score (nSPS) is 16.9. The first-order valence-corrected chi connectivity index (χ1v) is 25.6. The van der Waals surface area contributed by atoms with E-state index in [0.29, 0.717) is 0 Å². The summed E-state index contributed by atoms with van der Waals surface area (Å²) in [7, 11) is 0. The van der Waals surface area contributed by atoms with E-state index in [1.165, 1.54) is 0 Å². The maximum absolute atomic E-state index is 7.88. The number of hydrogen-bond donors (Lipinski definition) is 0. The summed E-state index contributed by atoms with van der Waals surface area (Å²) in [5.74, 6) is 0. The average Bonchev–Trinajstić information content (AvgIpc) is 3.10. The first-order valence-electron chi connectivity index (χ1n) is 14.2. The van der Waals surface area contributed by atoms with Crippen LogP contribution in [0.25, 0.3) is 0 Å². The van der Waals surface area contributed by atoms with Gasteiger partial charge in [0.1, 0.15) is 0 Å². The zero-order valence-electron chi connectivity index (χ0n) is 23.0. The van der Waals surface area contributed by atoms with E-state index in [1.54, 1.807) is 0 Å². The fourth-order valence-corrected chi connectivity index (χ4v) is 58.7. The molecule has 3 nitrogen and oxygen atoms in total. The summed E-state index contributed by atoms with van der Waals surface area (Å²) in [6.07, 6.45) is 0. The van der Waals surface area contributed by atoms with Gasteiger partial charge in [-0.1, -0.05) is 0 Å². The van der Waals surface area contributed by atoms with Crippen LogP contribution in [0.1, 0.15) is 0 Å². The quantitative estimate of drug-likeness (QED) is 0.245. The Bertz CT molecular complexity index is 1400. The van der Waals surface area contributed by atoms with E-state index in [-0.39, 0.29) is 0 Å². The number of rotatable bonds is 6. The molecule has 1 aliphatic rings. The molecule has 0 saturated carbocycles. The van der Waals surface area contributed by atoms with Gasteiger partial charge in [0, 0.05) is 0 Å². The van der Waals surface area contributed by atoms with Crippen molar-refractivity contribution in [1.29, 1.82) is 0 Å². The zero-order valence-corrected chi connectivity index (χ0v) is 29.3. The minimum absolute atomic E-state index is 1.13. The van der Waals surface area contributed by atoms with Gasteiger partial charge in [0.05, 0.1) is 0 Å². The fraction of sp³-hybridized carbons (Fsp3) is 0. The van der Waals surface area contributed by atoms with Gasteiger partial charge in [-0.2, -0.15) is 0 Å². The van der Waals surface area contributed by atoms with Crippen LogP contribution in [0, 0.1) is 0 Å². The first kappa shape index (κ1) is 27.6. The third kappa shape index (κ3) is 4.84. The Kier molecular flexibility index (Phi) is 7.79. The maximum atomic E-state index is 7.88. The molecular weight excluding hydrogens is 698 g/mol. The van der Waals surface area contributed by atoms with Crippen molar-refractivity contribution in [2.24, 2.45) is 0 Å². The Labute approximate surface area is 256 Å². The molecular formula is C36H30Ge3O3. The predicted molar refractivity (Wildman–Crippen MR) is 177 cm³/mol. The van der Waals surface area contributed by atoms with Crippen molar-refractivity contribution in [3.05, 3.63) is 182 Å². The second kappa shape index (κ2) is 11.8. The van der Waals surface area contributed by atoms with E-state index in [2.05, 4.69) is 182 Å². The summed E-state index contributed by atoms with van der Waals surface area (Å²) >= 11 is -12.5. The summed E-state index contributed by atoms with van der Waals surface area (Å²) in [5.41, 5.74) is 0. The second-order valence-corrected chi connectivity index (χ2v) is 33.3. The number of benzene rings is 6. The fourth-order valence-electron chi connectivity index (χ4n) is 5.82. The molecule has 1 heterocycles. The molecule has 0 spiro atoms. The third-order valence-corrected chi connectivity index (χ3v) is 44.0. The van der Waals surface area contributed by atoms with Crippen LogP contribution < -0.4 is 26.4 Å². The first-order chi connectivity index (χ1) is 20.8. The Morgan fingerprint density at radius 3 is 0.500 bits per heavy atom. The Morgan fingerprint density at radius 2 is 0.357 bits per heavy atom. The van der Waals surface area contributed by atoms with Crippen LogP contribution in [0.4, 0.5) is 0 Å². The molecule has 0 bridgehead atoms. The SMILES string of the molecule is c1cc[c]([Ge]2([c]3ccccc3)[O][Ge]([c]3ccccc3)([c]3ccccc3)[O][Ge]([c]3ccccc3)([c]3ccccc3)[O]2)cc1. The summed E-state index contributed by atoms with van der Waals surface area (Å²) in [6, 6.07) is 64.0. The molecule has 6 heteroatoms. The van der Waals surface area contributed by atoms with Crippen molar-refractivity contribution >= 4 is 68.2 Å². The number of hydrogen-bond acceptors (Lipinski definition) is 3. The monoisotopic (exact) mass is 732 g/mol.